The minimum absolute atomic E-state index is 0.0865. The van der Waals surface area contributed by atoms with E-state index in [1.807, 2.05) is 12.1 Å². The number of hydrogen-bond acceptors (Lipinski definition) is 4. The van der Waals surface area contributed by atoms with Gasteiger partial charge in [-0.1, -0.05) is 24.3 Å². The van der Waals surface area contributed by atoms with Crippen molar-refractivity contribution in [2.24, 2.45) is 0 Å². The molecule has 29 heavy (non-hydrogen) atoms. The van der Waals surface area contributed by atoms with E-state index in [-0.39, 0.29) is 16.8 Å². The van der Waals surface area contributed by atoms with Crippen LogP contribution in [0.25, 0.3) is 0 Å². The van der Waals surface area contributed by atoms with Crippen LogP contribution in [-0.2, 0) is 16.6 Å². The summed E-state index contributed by atoms with van der Waals surface area (Å²) in [6.45, 7) is 0.372. The number of amides is 1. The molecule has 2 aromatic carbocycles. The molecular formula is C22H22N2O4S. The summed E-state index contributed by atoms with van der Waals surface area (Å²) < 4.78 is 32.7. The van der Waals surface area contributed by atoms with Gasteiger partial charge in [-0.15, -0.1) is 0 Å². The smallest absolute Gasteiger partial charge is 0.264 e. The van der Waals surface area contributed by atoms with Crippen LogP contribution in [0.5, 0.6) is 0 Å². The largest absolute Gasteiger partial charge is 0.467 e. The van der Waals surface area contributed by atoms with Crippen molar-refractivity contribution < 1.29 is 17.6 Å². The first-order valence-corrected chi connectivity index (χ1v) is 10.9. The van der Waals surface area contributed by atoms with Crippen LogP contribution in [0.15, 0.2) is 82.3 Å². The molecule has 7 heteroatoms. The van der Waals surface area contributed by atoms with Crippen molar-refractivity contribution in [1.29, 1.82) is 0 Å². The van der Waals surface area contributed by atoms with Crippen molar-refractivity contribution in [1.82, 2.24) is 4.90 Å². The van der Waals surface area contributed by atoms with Crippen LogP contribution in [-0.4, -0.2) is 32.3 Å². The Morgan fingerprint density at radius 1 is 1.03 bits per heavy atom. The van der Waals surface area contributed by atoms with Crippen LogP contribution in [0.3, 0.4) is 0 Å². The van der Waals surface area contributed by atoms with Crippen LogP contribution >= 0.6 is 0 Å². The molecule has 0 atom stereocenters. The molecule has 3 aromatic rings. The fraction of sp³-hybridized carbons (Fsp3) is 0.227. The zero-order valence-electron chi connectivity index (χ0n) is 16.1. The number of furan rings is 1. The van der Waals surface area contributed by atoms with Crippen LogP contribution in [0.1, 0.15) is 29.0 Å². The maximum atomic E-state index is 13.1. The van der Waals surface area contributed by atoms with E-state index in [1.54, 1.807) is 53.6 Å². The molecule has 0 aliphatic heterocycles. The van der Waals surface area contributed by atoms with Gasteiger partial charge in [0.15, 0.2) is 0 Å². The first-order chi connectivity index (χ1) is 14.0. The topological polar surface area (TPSA) is 70.8 Å². The highest BCUT2D eigenvalue weighted by Gasteiger charge is 2.34. The predicted octanol–water partition coefficient (Wildman–Crippen LogP) is 3.91. The second-order valence-electron chi connectivity index (χ2n) is 7.08. The highest BCUT2D eigenvalue weighted by Crippen LogP contribution is 2.30. The number of sulfonamides is 1. The van der Waals surface area contributed by atoms with Crippen LogP contribution in [0.4, 0.5) is 5.69 Å². The molecule has 1 amide bonds. The second-order valence-corrected chi connectivity index (χ2v) is 9.05. The van der Waals surface area contributed by atoms with Gasteiger partial charge in [-0.25, -0.2) is 8.42 Å². The van der Waals surface area contributed by atoms with E-state index in [9.17, 15) is 13.2 Å². The molecule has 1 aliphatic rings. The van der Waals surface area contributed by atoms with Gasteiger partial charge in [0, 0.05) is 18.7 Å². The molecule has 1 heterocycles. The first kappa shape index (κ1) is 19.3. The predicted molar refractivity (Wildman–Crippen MR) is 110 cm³/mol. The van der Waals surface area contributed by atoms with Gasteiger partial charge in [0.05, 0.1) is 23.4 Å². The normalized spacial score (nSPS) is 13.8. The molecule has 1 aromatic heterocycles. The zero-order valence-corrected chi connectivity index (χ0v) is 16.9. The van der Waals surface area contributed by atoms with Crippen molar-refractivity contribution in [3.05, 3.63) is 84.3 Å². The Labute approximate surface area is 170 Å². The number of anilines is 1. The Balaban J connectivity index is 1.61. The summed E-state index contributed by atoms with van der Waals surface area (Å²) in [5.74, 6) is 0.515. The molecule has 0 bridgehead atoms. The van der Waals surface area contributed by atoms with Crippen molar-refractivity contribution in [3.63, 3.8) is 0 Å². The van der Waals surface area contributed by atoms with E-state index in [4.69, 9.17) is 4.42 Å². The summed E-state index contributed by atoms with van der Waals surface area (Å²) in [5, 5.41) is 0. The molecular weight excluding hydrogens is 388 g/mol. The van der Waals surface area contributed by atoms with Crippen molar-refractivity contribution >= 4 is 21.6 Å². The van der Waals surface area contributed by atoms with Gasteiger partial charge in [-0.3, -0.25) is 9.10 Å². The first-order valence-electron chi connectivity index (χ1n) is 9.44. The van der Waals surface area contributed by atoms with E-state index >= 15 is 0 Å². The summed E-state index contributed by atoms with van der Waals surface area (Å²) in [6.07, 6.45) is 3.47. The summed E-state index contributed by atoms with van der Waals surface area (Å²) in [4.78, 5) is 15.0. The molecule has 4 rings (SSSR count). The SMILES string of the molecule is CN(c1ccccc1)S(=O)(=O)c1cccc(C(=O)N(Cc2ccco2)C2CC2)c1. The second kappa shape index (κ2) is 7.75. The molecule has 0 spiro atoms. The molecule has 0 radical (unpaired) electrons. The van der Waals surface area contributed by atoms with Crippen molar-refractivity contribution in [3.8, 4) is 0 Å². The monoisotopic (exact) mass is 410 g/mol. The third-order valence-electron chi connectivity index (χ3n) is 5.01. The van der Waals surface area contributed by atoms with E-state index in [0.717, 1.165) is 12.8 Å². The van der Waals surface area contributed by atoms with Crippen LogP contribution in [0.2, 0.25) is 0 Å². The van der Waals surface area contributed by atoms with Gasteiger partial charge < -0.3 is 9.32 Å². The minimum atomic E-state index is -3.78. The van der Waals surface area contributed by atoms with Crippen molar-refractivity contribution in [2.75, 3.05) is 11.4 Å². The number of nitrogens with zero attached hydrogens (tertiary/aromatic N) is 2. The Kier molecular flexibility index (Phi) is 5.15. The van der Waals surface area contributed by atoms with Crippen molar-refractivity contribution in [2.45, 2.75) is 30.3 Å². The lowest BCUT2D eigenvalue weighted by atomic mass is 10.2. The van der Waals surface area contributed by atoms with Gasteiger partial charge >= 0.3 is 0 Å². The summed E-state index contributed by atoms with van der Waals surface area (Å²) in [5.41, 5.74) is 0.910. The number of para-hydroxylation sites is 1. The maximum Gasteiger partial charge on any atom is 0.264 e. The molecule has 150 valence electrons. The van der Waals surface area contributed by atoms with E-state index in [2.05, 4.69) is 0 Å². The van der Waals surface area contributed by atoms with E-state index < -0.39 is 10.0 Å². The fourth-order valence-corrected chi connectivity index (χ4v) is 4.46. The number of carbonyl (C=O) groups excluding carboxylic acids is 1. The third-order valence-corrected chi connectivity index (χ3v) is 6.80. The van der Waals surface area contributed by atoms with Gasteiger partial charge in [-0.05, 0) is 55.3 Å². The maximum absolute atomic E-state index is 13.1. The van der Waals surface area contributed by atoms with Crippen LogP contribution in [0, 0.1) is 0 Å². The molecule has 0 unspecified atom stereocenters. The standard InChI is InChI=1S/C22H22N2O4S/c1-23(18-8-3-2-4-9-18)29(26,27)21-11-5-7-17(15-21)22(25)24(19-12-13-19)16-20-10-6-14-28-20/h2-11,14-15,19H,12-13,16H2,1H3. The molecule has 0 saturated heterocycles. The Morgan fingerprint density at radius 2 is 1.79 bits per heavy atom. The Bertz CT molecular complexity index is 1090. The fourth-order valence-electron chi connectivity index (χ4n) is 3.21. The molecule has 1 aliphatic carbocycles. The number of benzene rings is 2. The average molecular weight is 410 g/mol. The van der Waals surface area contributed by atoms with E-state index in [1.165, 1.54) is 23.5 Å². The van der Waals surface area contributed by atoms with Gasteiger partial charge in [0.1, 0.15) is 5.76 Å². The lowest BCUT2D eigenvalue weighted by Crippen LogP contribution is -2.33. The summed E-state index contributed by atoms with van der Waals surface area (Å²) in [7, 11) is -2.28. The van der Waals surface area contributed by atoms with Gasteiger partial charge in [0.2, 0.25) is 0 Å². The van der Waals surface area contributed by atoms with Crippen LogP contribution < -0.4 is 4.31 Å². The molecule has 6 nitrogen and oxygen atoms in total. The third kappa shape index (κ3) is 4.05. The number of carbonyl (C=O) groups is 1. The molecule has 1 fully saturated rings. The van der Waals surface area contributed by atoms with Gasteiger partial charge in [0.25, 0.3) is 15.9 Å². The Morgan fingerprint density at radius 3 is 2.45 bits per heavy atom. The molecule has 1 saturated carbocycles. The number of hydrogen-bond donors (Lipinski definition) is 0. The summed E-state index contributed by atoms with van der Waals surface area (Å²) in [6, 6.07) is 18.9. The number of rotatable bonds is 7. The quantitative estimate of drug-likeness (QED) is 0.592. The molecule has 0 N–H and O–H groups in total. The summed E-state index contributed by atoms with van der Waals surface area (Å²) >= 11 is 0. The minimum Gasteiger partial charge on any atom is -0.467 e. The average Bonchev–Trinajstić information content (AvgIpc) is 3.47. The Hall–Kier alpha value is -3.06. The highest BCUT2D eigenvalue weighted by atomic mass is 32.2. The van der Waals surface area contributed by atoms with Gasteiger partial charge in [-0.2, -0.15) is 0 Å². The zero-order chi connectivity index (χ0) is 20.4. The van der Waals surface area contributed by atoms with E-state index in [0.29, 0.717) is 23.6 Å². The highest BCUT2D eigenvalue weighted by molar-refractivity contribution is 7.92. The lowest BCUT2D eigenvalue weighted by Gasteiger charge is -2.23. The lowest BCUT2D eigenvalue weighted by molar-refractivity contribution is 0.0717.